The summed E-state index contributed by atoms with van der Waals surface area (Å²) in [6, 6.07) is 18.6. The van der Waals surface area contributed by atoms with Gasteiger partial charge in [-0.1, -0.05) is 42.5 Å². The first kappa shape index (κ1) is 15.9. The van der Waals surface area contributed by atoms with Crippen LogP contribution >= 0.6 is 23.6 Å². The Bertz CT molecular complexity index is 765. The molecule has 1 atom stereocenters. The van der Waals surface area contributed by atoms with Crippen molar-refractivity contribution in [1.29, 1.82) is 0 Å². The predicted octanol–water partition coefficient (Wildman–Crippen LogP) is 4.36. The van der Waals surface area contributed by atoms with Crippen molar-refractivity contribution < 1.29 is 0 Å². The minimum Gasteiger partial charge on any atom is -0.358 e. The molecule has 0 saturated heterocycles. The molecule has 0 radical (unpaired) electrons. The minimum atomic E-state index is 0.142. The van der Waals surface area contributed by atoms with Crippen LogP contribution in [0.3, 0.4) is 0 Å². The fourth-order valence-electron chi connectivity index (χ4n) is 2.31. The van der Waals surface area contributed by atoms with Crippen LogP contribution in [0.15, 0.2) is 54.6 Å². The monoisotopic (exact) mass is 341 g/mol. The van der Waals surface area contributed by atoms with Gasteiger partial charge in [0.25, 0.3) is 0 Å². The van der Waals surface area contributed by atoms with Crippen LogP contribution in [-0.2, 0) is 6.54 Å². The zero-order valence-electron chi connectivity index (χ0n) is 13.2. The summed E-state index contributed by atoms with van der Waals surface area (Å²) >= 11 is 7.25. The first-order valence-corrected chi connectivity index (χ1v) is 8.77. The summed E-state index contributed by atoms with van der Waals surface area (Å²) in [5.74, 6) is 0. The number of thiocarbonyl (C=S) groups is 1. The Hall–Kier alpha value is -1.98. The number of aromatic nitrogens is 1. The summed E-state index contributed by atoms with van der Waals surface area (Å²) in [5, 5.41) is 5.14. The summed E-state index contributed by atoms with van der Waals surface area (Å²) < 4.78 is 1.21. The third-order valence-electron chi connectivity index (χ3n) is 3.86. The Labute approximate surface area is 146 Å². The molecule has 5 heteroatoms. The second kappa shape index (κ2) is 7.06. The molecule has 3 rings (SSSR count). The van der Waals surface area contributed by atoms with Crippen LogP contribution in [-0.4, -0.2) is 22.0 Å². The molecule has 0 amide bonds. The highest BCUT2D eigenvalue weighted by Gasteiger charge is 2.18. The molecule has 0 unspecified atom stereocenters. The van der Waals surface area contributed by atoms with E-state index in [0.29, 0.717) is 0 Å². The Balaban J connectivity index is 1.66. The highest BCUT2D eigenvalue weighted by molar-refractivity contribution is 7.80. The summed E-state index contributed by atoms with van der Waals surface area (Å²) in [4.78, 5) is 6.79. The number of benzene rings is 2. The number of hydrogen-bond donors (Lipinski definition) is 1. The molecule has 0 spiro atoms. The average Bonchev–Trinajstić information content (AvgIpc) is 3.03. The Morgan fingerprint density at radius 3 is 2.61 bits per heavy atom. The van der Waals surface area contributed by atoms with Crippen molar-refractivity contribution in [3.63, 3.8) is 0 Å². The second-order valence-corrected chi connectivity index (χ2v) is 6.90. The Morgan fingerprint density at radius 2 is 1.87 bits per heavy atom. The number of fused-ring (bicyclic) bond motifs is 1. The van der Waals surface area contributed by atoms with Crippen LogP contribution in [0.2, 0.25) is 0 Å². The van der Waals surface area contributed by atoms with E-state index in [0.717, 1.165) is 22.2 Å². The molecule has 1 heterocycles. The van der Waals surface area contributed by atoms with Crippen molar-refractivity contribution in [3.8, 4) is 0 Å². The lowest BCUT2D eigenvalue weighted by Gasteiger charge is -2.26. The third-order valence-corrected chi connectivity index (χ3v) is 5.49. The van der Waals surface area contributed by atoms with Crippen LogP contribution in [0.1, 0.15) is 23.5 Å². The highest BCUT2D eigenvalue weighted by atomic mass is 32.1. The number of rotatable bonds is 4. The number of hydrogen-bond acceptors (Lipinski definition) is 3. The Kier molecular flexibility index (Phi) is 4.88. The van der Waals surface area contributed by atoms with E-state index in [2.05, 4.69) is 35.3 Å². The van der Waals surface area contributed by atoms with Gasteiger partial charge in [-0.3, -0.25) is 0 Å². The molecule has 0 aliphatic carbocycles. The van der Waals surface area contributed by atoms with Crippen LogP contribution in [0.5, 0.6) is 0 Å². The van der Waals surface area contributed by atoms with Crippen molar-refractivity contribution in [2.75, 3.05) is 7.05 Å². The van der Waals surface area contributed by atoms with Gasteiger partial charge in [-0.05, 0) is 36.8 Å². The molecular formula is C18H19N3S2. The van der Waals surface area contributed by atoms with Gasteiger partial charge in [0, 0.05) is 13.6 Å². The lowest BCUT2D eigenvalue weighted by molar-refractivity contribution is 0.394. The van der Waals surface area contributed by atoms with E-state index in [9.17, 15) is 0 Å². The average molecular weight is 342 g/mol. The van der Waals surface area contributed by atoms with Gasteiger partial charge in [-0.15, -0.1) is 11.3 Å². The number of nitrogens with zero attached hydrogens (tertiary/aromatic N) is 2. The van der Waals surface area contributed by atoms with Crippen LogP contribution < -0.4 is 5.32 Å². The molecule has 118 valence electrons. The van der Waals surface area contributed by atoms with Gasteiger partial charge >= 0.3 is 0 Å². The standard InChI is InChI=1S/C18H19N3S2/c1-13(17-20-15-10-6-7-11-16(15)23-17)21(2)18(22)19-12-14-8-4-3-5-9-14/h3-11,13H,12H2,1-2H3,(H,19,22)/t13-/m0/s1. The largest absolute Gasteiger partial charge is 0.358 e. The van der Waals surface area contributed by atoms with Gasteiger partial charge in [-0.25, -0.2) is 4.98 Å². The maximum Gasteiger partial charge on any atom is 0.169 e. The molecule has 0 bridgehead atoms. The van der Waals surface area contributed by atoms with Gasteiger partial charge in [-0.2, -0.15) is 0 Å². The number of para-hydroxylation sites is 1. The summed E-state index contributed by atoms with van der Waals surface area (Å²) in [5.41, 5.74) is 2.27. The van der Waals surface area contributed by atoms with Gasteiger partial charge in [0.15, 0.2) is 5.11 Å². The molecule has 3 aromatic rings. The van der Waals surface area contributed by atoms with Gasteiger partial charge in [0.2, 0.25) is 0 Å². The first-order valence-electron chi connectivity index (χ1n) is 7.55. The smallest absolute Gasteiger partial charge is 0.169 e. The van der Waals surface area contributed by atoms with Gasteiger partial charge in [0.1, 0.15) is 5.01 Å². The molecular weight excluding hydrogens is 322 g/mol. The molecule has 1 N–H and O–H groups in total. The van der Waals surface area contributed by atoms with Crippen molar-refractivity contribution in [2.45, 2.75) is 19.5 Å². The quantitative estimate of drug-likeness (QED) is 0.714. The van der Waals surface area contributed by atoms with Crippen LogP contribution in [0.25, 0.3) is 10.2 Å². The van der Waals surface area contributed by atoms with Crippen LogP contribution in [0, 0.1) is 0 Å². The van der Waals surface area contributed by atoms with E-state index in [1.807, 2.05) is 43.4 Å². The molecule has 3 nitrogen and oxygen atoms in total. The van der Waals surface area contributed by atoms with Crippen molar-refractivity contribution >= 4 is 38.9 Å². The van der Waals surface area contributed by atoms with Crippen molar-refractivity contribution in [2.24, 2.45) is 0 Å². The molecule has 1 aromatic heterocycles. The van der Waals surface area contributed by atoms with E-state index in [1.165, 1.54) is 10.3 Å². The zero-order chi connectivity index (χ0) is 16.2. The predicted molar refractivity (Wildman–Crippen MR) is 102 cm³/mol. The normalized spacial score (nSPS) is 12.1. The zero-order valence-corrected chi connectivity index (χ0v) is 14.8. The third kappa shape index (κ3) is 3.68. The molecule has 2 aromatic carbocycles. The Morgan fingerprint density at radius 1 is 1.17 bits per heavy atom. The second-order valence-electron chi connectivity index (χ2n) is 5.45. The van der Waals surface area contributed by atoms with E-state index < -0.39 is 0 Å². The lowest BCUT2D eigenvalue weighted by atomic mass is 10.2. The van der Waals surface area contributed by atoms with Crippen molar-refractivity contribution in [1.82, 2.24) is 15.2 Å². The molecule has 0 fully saturated rings. The highest BCUT2D eigenvalue weighted by Crippen LogP contribution is 2.28. The maximum atomic E-state index is 5.52. The minimum absolute atomic E-state index is 0.142. The summed E-state index contributed by atoms with van der Waals surface area (Å²) in [7, 11) is 2.01. The van der Waals surface area contributed by atoms with E-state index >= 15 is 0 Å². The van der Waals surface area contributed by atoms with Crippen LogP contribution in [0.4, 0.5) is 0 Å². The molecule has 0 aliphatic heterocycles. The lowest BCUT2D eigenvalue weighted by Crippen LogP contribution is -2.38. The summed E-state index contributed by atoms with van der Waals surface area (Å²) in [6.07, 6.45) is 0. The fraction of sp³-hybridized carbons (Fsp3) is 0.222. The van der Waals surface area contributed by atoms with Crippen molar-refractivity contribution in [3.05, 3.63) is 65.2 Å². The van der Waals surface area contributed by atoms with E-state index in [-0.39, 0.29) is 6.04 Å². The molecule has 0 aliphatic rings. The molecule has 0 saturated carbocycles. The van der Waals surface area contributed by atoms with E-state index in [4.69, 9.17) is 17.2 Å². The van der Waals surface area contributed by atoms with Gasteiger partial charge < -0.3 is 10.2 Å². The summed E-state index contributed by atoms with van der Waals surface area (Å²) in [6.45, 7) is 2.87. The number of nitrogens with one attached hydrogen (secondary N) is 1. The maximum absolute atomic E-state index is 5.52. The van der Waals surface area contributed by atoms with E-state index in [1.54, 1.807) is 11.3 Å². The first-order chi connectivity index (χ1) is 11.1. The number of thiazole rings is 1. The SMILES string of the molecule is C[C@@H](c1nc2ccccc2s1)N(C)C(=S)NCc1ccccc1. The topological polar surface area (TPSA) is 28.2 Å². The fourth-order valence-corrected chi connectivity index (χ4v) is 3.60. The molecule has 23 heavy (non-hydrogen) atoms. The van der Waals surface area contributed by atoms with Gasteiger partial charge in [0.05, 0.1) is 16.3 Å².